The third kappa shape index (κ3) is 2.80. The van der Waals surface area contributed by atoms with Gasteiger partial charge in [0.15, 0.2) is 5.82 Å². The van der Waals surface area contributed by atoms with Gasteiger partial charge in [-0.25, -0.2) is 22.0 Å². The van der Waals surface area contributed by atoms with Crippen LogP contribution >= 0.6 is 0 Å². The molecule has 0 bridgehead atoms. The zero-order valence-electron chi connectivity index (χ0n) is 11.2. The lowest BCUT2D eigenvalue weighted by molar-refractivity contribution is 0.0685. The van der Waals surface area contributed by atoms with Crippen LogP contribution in [0.3, 0.4) is 0 Å². The summed E-state index contributed by atoms with van der Waals surface area (Å²) in [6, 6.07) is 0.924. The summed E-state index contributed by atoms with van der Waals surface area (Å²) < 4.78 is 52.9. The van der Waals surface area contributed by atoms with Crippen molar-refractivity contribution >= 4 is 16.0 Å². The molecule has 0 unspecified atom stereocenters. The predicted molar refractivity (Wildman–Crippen MR) is 68.0 cm³/mol. The lowest BCUT2D eigenvalue weighted by atomic mass is 10.2. The number of carboxylic acids is 1. The van der Waals surface area contributed by atoms with Crippen molar-refractivity contribution in [3.63, 3.8) is 0 Å². The van der Waals surface area contributed by atoms with Crippen LogP contribution in [0.15, 0.2) is 17.0 Å². The zero-order valence-corrected chi connectivity index (χ0v) is 12.0. The average Bonchev–Trinajstić information content (AvgIpc) is 2.27. The first-order valence-electron chi connectivity index (χ1n) is 5.87. The molecule has 0 saturated carbocycles. The molecule has 112 valence electrons. The molecule has 8 heteroatoms. The second-order valence-corrected chi connectivity index (χ2v) is 6.20. The number of carboxylic acid groups (broad SMARTS) is 1. The standard InChI is InChI=1S/C12H15F2NO4S/c1-4-15(7(2)3)20(18,19)9-6-5-8(13)10(11(9)14)12(16)17/h5-7H,4H2,1-3H3,(H,16,17). The molecule has 0 aliphatic rings. The predicted octanol–water partition coefficient (Wildman–Crippen LogP) is 2.08. The summed E-state index contributed by atoms with van der Waals surface area (Å²) in [4.78, 5) is 9.97. The highest BCUT2D eigenvalue weighted by Crippen LogP contribution is 2.25. The van der Waals surface area contributed by atoms with E-state index in [-0.39, 0.29) is 6.54 Å². The summed E-state index contributed by atoms with van der Waals surface area (Å²) >= 11 is 0. The molecule has 0 fully saturated rings. The van der Waals surface area contributed by atoms with Crippen molar-refractivity contribution in [2.75, 3.05) is 6.54 Å². The number of rotatable bonds is 5. The minimum absolute atomic E-state index is 0.0826. The zero-order chi connectivity index (χ0) is 15.7. The molecule has 0 aromatic heterocycles. The lowest BCUT2D eigenvalue weighted by Gasteiger charge is -2.24. The van der Waals surface area contributed by atoms with E-state index in [9.17, 15) is 22.0 Å². The van der Waals surface area contributed by atoms with Gasteiger partial charge in [-0.15, -0.1) is 0 Å². The fourth-order valence-electron chi connectivity index (χ4n) is 1.87. The monoisotopic (exact) mass is 307 g/mol. The molecule has 1 aromatic carbocycles. The largest absolute Gasteiger partial charge is 0.477 e. The third-order valence-electron chi connectivity index (χ3n) is 2.74. The van der Waals surface area contributed by atoms with Gasteiger partial charge in [-0.3, -0.25) is 0 Å². The molecule has 20 heavy (non-hydrogen) atoms. The van der Waals surface area contributed by atoms with Crippen LogP contribution in [-0.2, 0) is 10.0 Å². The molecule has 0 atom stereocenters. The maximum absolute atomic E-state index is 14.0. The number of hydrogen-bond acceptors (Lipinski definition) is 3. The van der Waals surface area contributed by atoms with Crippen LogP contribution < -0.4 is 0 Å². The van der Waals surface area contributed by atoms with E-state index in [0.717, 1.165) is 10.4 Å². The number of carbonyl (C=O) groups is 1. The lowest BCUT2D eigenvalue weighted by Crippen LogP contribution is -2.37. The minimum atomic E-state index is -4.23. The Kier molecular flexibility index (Phi) is 4.82. The molecule has 0 spiro atoms. The summed E-state index contributed by atoms with van der Waals surface area (Å²) in [5.41, 5.74) is -1.27. The van der Waals surface area contributed by atoms with E-state index in [1.807, 2.05) is 0 Å². The van der Waals surface area contributed by atoms with E-state index in [1.165, 1.54) is 0 Å². The Morgan fingerprint density at radius 2 is 1.90 bits per heavy atom. The van der Waals surface area contributed by atoms with Gasteiger partial charge in [0.1, 0.15) is 16.3 Å². The number of hydrogen-bond donors (Lipinski definition) is 1. The van der Waals surface area contributed by atoms with Crippen molar-refractivity contribution in [3.05, 3.63) is 29.3 Å². The maximum Gasteiger partial charge on any atom is 0.341 e. The van der Waals surface area contributed by atoms with Gasteiger partial charge in [0.25, 0.3) is 0 Å². The molecule has 1 N–H and O–H groups in total. The summed E-state index contributed by atoms with van der Waals surface area (Å²) in [7, 11) is -4.23. The van der Waals surface area contributed by atoms with Gasteiger partial charge in [-0.2, -0.15) is 4.31 Å². The molecule has 0 amide bonds. The summed E-state index contributed by atoms with van der Waals surface area (Å²) in [6.07, 6.45) is 0. The van der Waals surface area contributed by atoms with Crippen LogP contribution in [0.25, 0.3) is 0 Å². The van der Waals surface area contributed by atoms with Gasteiger partial charge in [-0.05, 0) is 26.0 Å². The van der Waals surface area contributed by atoms with E-state index in [4.69, 9.17) is 5.11 Å². The summed E-state index contributed by atoms with van der Waals surface area (Å²) in [5, 5.41) is 8.75. The van der Waals surface area contributed by atoms with Gasteiger partial charge in [0.05, 0.1) is 0 Å². The van der Waals surface area contributed by atoms with Crippen LogP contribution in [0.5, 0.6) is 0 Å². The Bertz CT molecular complexity index is 629. The van der Waals surface area contributed by atoms with Crippen LogP contribution in [0.1, 0.15) is 31.1 Å². The molecule has 1 aromatic rings. The average molecular weight is 307 g/mol. The molecule has 0 heterocycles. The molecular formula is C12H15F2NO4S. The normalized spacial score (nSPS) is 12.2. The van der Waals surface area contributed by atoms with Crippen molar-refractivity contribution in [1.82, 2.24) is 4.31 Å². The van der Waals surface area contributed by atoms with Crippen LogP contribution in [-0.4, -0.2) is 36.4 Å². The molecule has 0 aliphatic carbocycles. The Balaban J connectivity index is 3.56. The number of nitrogens with zero attached hydrogens (tertiary/aromatic N) is 1. The molecule has 0 saturated heterocycles. The molecule has 0 aliphatic heterocycles. The smallest absolute Gasteiger partial charge is 0.341 e. The second-order valence-electron chi connectivity index (χ2n) is 4.34. The first-order valence-corrected chi connectivity index (χ1v) is 7.31. The van der Waals surface area contributed by atoms with Crippen LogP contribution in [0, 0.1) is 11.6 Å². The molecule has 0 radical (unpaired) electrons. The Morgan fingerprint density at radius 3 is 2.30 bits per heavy atom. The summed E-state index contributed by atoms with van der Waals surface area (Å²) in [6.45, 7) is 4.84. The van der Waals surface area contributed by atoms with E-state index >= 15 is 0 Å². The summed E-state index contributed by atoms with van der Waals surface area (Å²) in [5.74, 6) is -4.76. The van der Waals surface area contributed by atoms with Gasteiger partial charge < -0.3 is 5.11 Å². The fourth-order valence-corrected chi connectivity index (χ4v) is 3.58. The molecule has 1 rings (SSSR count). The number of halogens is 2. The number of sulfonamides is 1. The first kappa shape index (κ1) is 16.5. The van der Waals surface area contributed by atoms with Crippen LogP contribution in [0.4, 0.5) is 8.78 Å². The highest BCUT2D eigenvalue weighted by molar-refractivity contribution is 7.89. The van der Waals surface area contributed by atoms with E-state index in [1.54, 1.807) is 20.8 Å². The van der Waals surface area contributed by atoms with Gasteiger partial charge >= 0.3 is 5.97 Å². The van der Waals surface area contributed by atoms with Crippen molar-refractivity contribution in [2.24, 2.45) is 0 Å². The SMILES string of the molecule is CCN(C(C)C)S(=O)(=O)c1ccc(F)c(C(=O)O)c1F. The maximum atomic E-state index is 14.0. The van der Waals surface area contributed by atoms with Crippen molar-refractivity contribution in [1.29, 1.82) is 0 Å². The topological polar surface area (TPSA) is 74.7 Å². The number of benzene rings is 1. The highest BCUT2D eigenvalue weighted by Gasteiger charge is 2.32. The third-order valence-corrected chi connectivity index (χ3v) is 4.91. The van der Waals surface area contributed by atoms with Crippen molar-refractivity contribution in [3.8, 4) is 0 Å². The van der Waals surface area contributed by atoms with E-state index < -0.39 is 44.1 Å². The Hall–Kier alpha value is -1.54. The second kappa shape index (κ2) is 5.84. The van der Waals surface area contributed by atoms with Crippen molar-refractivity contribution < 1.29 is 27.1 Å². The molecule has 5 nitrogen and oxygen atoms in total. The van der Waals surface area contributed by atoms with Gasteiger partial charge in [0, 0.05) is 12.6 Å². The quantitative estimate of drug-likeness (QED) is 0.904. The van der Waals surface area contributed by atoms with E-state index in [2.05, 4.69) is 0 Å². The van der Waals surface area contributed by atoms with Gasteiger partial charge in [0.2, 0.25) is 10.0 Å². The van der Waals surface area contributed by atoms with Crippen molar-refractivity contribution in [2.45, 2.75) is 31.7 Å². The van der Waals surface area contributed by atoms with Crippen LogP contribution in [0.2, 0.25) is 0 Å². The van der Waals surface area contributed by atoms with E-state index in [0.29, 0.717) is 6.07 Å². The number of aromatic carboxylic acids is 1. The fraction of sp³-hybridized carbons (Fsp3) is 0.417. The first-order chi connectivity index (χ1) is 9.14. The van der Waals surface area contributed by atoms with Gasteiger partial charge in [-0.1, -0.05) is 6.92 Å². The minimum Gasteiger partial charge on any atom is -0.477 e. The Morgan fingerprint density at radius 1 is 1.35 bits per heavy atom. The molecular weight excluding hydrogens is 292 g/mol. The highest BCUT2D eigenvalue weighted by atomic mass is 32.2. The Labute approximate surface area is 115 Å².